The van der Waals surface area contributed by atoms with Crippen molar-refractivity contribution in [3.63, 3.8) is 0 Å². The van der Waals surface area contributed by atoms with Crippen LogP contribution in [0.5, 0.6) is 0 Å². The smallest absolute Gasteiger partial charge is 0.272 e. The molecule has 1 saturated heterocycles. The van der Waals surface area contributed by atoms with E-state index < -0.39 is 0 Å². The van der Waals surface area contributed by atoms with Crippen LogP contribution in [0.15, 0.2) is 35.1 Å². The molecule has 0 saturated carbocycles. The molecule has 1 aromatic carbocycles. The van der Waals surface area contributed by atoms with Crippen molar-refractivity contribution in [2.45, 2.75) is 25.5 Å². The predicted molar refractivity (Wildman–Crippen MR) is 93.6 cm³/mol. The minimum atomic E-state index is -0.220. The van der Waals surface area contributed by atoms with Crippen LogP contribution >= 0.6 is 11.8 Å². The number of hydrogen-bond donors (Lipinski definition) is 1. The molecule has 122 valence electrons. The fraction of sp³-hybridized carbons (Fsp3) is 0.412. The van der Waals surface area contributed by atoms with Gasteiger partial charge in [-0.15, -0.1) is 0 Å². The van der Waals surface area contributed by atoms with E-state index in [1.165, 1.54) is 10.7 Å². The fourth-order valence-electron chi connectivity index (χ4n) is 2.75. The summed E-state index contributed by atoms with van der Waals surface area (Å²) in [6, 6.07) is 8.99. The summed E-state index contributed by atoms with van der Waals surface area (Å²) in [5.74, 6) is 0.808. The highest BCUT2D eigenvalue weighted by molar-refractivity contribution is 8.00. The maximum absolute atomic E-state index is 12.7. The molecule has 1 aromatic heterocycles. The van der Waals surface area contributed by atoms with E-state index in [-0.39, 0.29) is 16.2 Å². The fourth-order valence-corrected chi connectivity index (χ4v) is 3.86. The van der Waals surface area contributed by atoms with Gasteiger partial charge in [-0.2, -0.15) is 11.8 Å². The van der Waals surface area contributed by atoms with E-state index in [0.29, 0.717) is 18.8 Å². The number of carbonyl (C=O) groups excluding carboxylic acids is 1. The standard InChI is InChI=1S/C17H21N3O2S/c1-12-4-6-13(7-5-12)20-15(21)10-14(18-20)16(22)19-8-9-23-17(2,3)11-19/h4-7,10,18H,8-9,11H2,1-3H3. The van der Waals surface area contributed by atoms with Gasteiger partial charge in [0.2, 0.25) is 0 Å². The van der Waals surface area contributed by atoms with Crippen molar-refractivity contribution >= 4 is 17.7 Å². The zero-order valence-electron chi connectivity index (χ0n) is 13.6. The maximum atomic E-state index is 12.7. The Hall–Kier alpha value is -1.95. The summed E-state index contributed by atoms with van der Waals surface area (Å²) >= 11 is 1.87. The van der Waals surface area contributed by atoms with Crippen molar-refractivity contribution in [1.29, 1.82) is 0 Å². The van der Waals surface area contributed by atoms with Crippen LogP contribution < -0.4 is 5.56 Å². The van der Waals surface area contributed by atoms with Crippen molar-refractivity contribution in [3.05, 3.63) is 51.9 Å². The van der Waals surface area contributed by atoms with Crippen LogP contribution in [0.3, 0.4) is 0 Å². The number of aryl methyl sites for hydroxylation is 1. The molecule has 5 nitrogen and oxygen atoms in total. The molecule has 1 fully saturated rings. The molecular weight excluding hydrogens is 310 g/mol. The molecular formula is C17H21N3O2S. The molecule has 0 radical (unpaired) electrons. The van der Waals surface area contributed by atoms with Crippen molar-refractivity contribution in [3.8, 4) is 5.69 Å². The van der Waals surface area contributed by atoms with Crippen LogP contribution in [0.4, 0.5) is 0 Å². The van der Waals surface area contributed by atoms with Crippen molar-refractivity contribution < 1.29 is 4.79 Å². The number of carbonyl (C=O) groups is 1. The molecule has 2 heterocycles. The van der Waals surface area contributed by atoms with Crippen LogP contribution in [0.25, 0.3) is 5.69 Å². The molecule has 0 spiro atoms. The summed E-state index contributed by atoms with van der Waals surface area (Å²) in [6.45, 7) is 7.67. The van der Waals surface area contributed by atoms with Crippen LogP contribution in [0.1, 0.15) is 29.9 Å². The van der Waals surface area contributed by atoms with Gasteiger partial charge in [0, 0.05) is 29.7 Å². The third kappa shape index (κ3) is 3.37. The van der Waals surface area contributed by atoms with E-state index in [9.17, 15) is 9.59 Å². The largest absolute Gasteiger partial charge is 0.335 e. The summed E-state index contributed by atoms with van der Waals surface area (Å²) in [5.41, 5.74) is 1.98. The zero-order valence-corrected chi connectivity index (χ0v) is 14.4. The minimum Gasteiger partial charge on any atom is -0.335 e. The van der Waals surface area contributed by atoms with Crippen LogP contribution in [-0.2, 0) is 0 Å². The summed E-state index contributed by atoms with van der Waals surface area (Å²) in [6.07, 6.45) is 0. The van der Waals surface area contributed by atoms with E-state index in [2.05, 4.69) is 18.9 Å². The molecule has 6 heteroatoms. The highest BCUT2D eigenvalue weighted by Crippen LogP contribution is 2.29. The zero-order chi connectivity index (χ0) is 16.6. The van der Waals surface area contributed by atoms with Gasteiger partial charge in [0.05, 0.1) is 5.69 Å². The first-order valence-electron chi connectivity index (χ1n) is 7.68. The van der Waals surface area contributed by atoms with Crippen molar-refractivity contribution in [1.82, 2.24) is 14.7 Å². The van der Waals surface area contributed by atoms with Gasteiger partial charge in [0.25, 0.3) is 11.5 Å². The summed E-state index contributed by atoms with van der Waals surface area (Å²) in [5, 5.41) is 2.95. The molecule has 0 aliphatic carbocycles. The highest BCUT2D eigenvalue weighted by atomic mass is 32.2. The van der Waals surface area contributed by atoms with Gasteiger partial charge in [-0.3, -0.25) is 14.7 Å². The number of amides is 1. The Morgan fingerprint density at radius 3 is 2.61 bits per heavy atom. The Kier molecular flexibility index (Phi) is 4.10. The second-order valence-electron chi connectivity index (χ2n) is 6.51. The Morgan fingerprint density at radius 2 is 1.96 bits per heavy atom. The third-order valence-electron chi connectivity index (χ3n) is 3.96. The van der Waals surface area contributed by atoms with Gasteiger partial charge < -0.3 is 4.90 Å². The normalized spacial score (nSPS) is 17.3. The SMILES string of the molecule is Cc1ccc(-n2[nH]c(C(=O)N3CCSC(C)(C)C3)cc2=O)cc1. The lowest BCUT2D eigenvalue weighted by atomic mass is 10.2. The summed E-state index contributed by atoms with van der Waals surface area (Å²) in [4.78, 5) is 26.7. The highest BCUT2D eigenvalue weighted by Gasteiger charge is 2.31. The van der Waals surface area contributed by atoms with Crippen LogP contribution in [0, 0.1) is 6.92 Å². The number of benzene rings is 1. The minimum absolute atomic E-state index is 0.0493. The first-order valence-corrected chi connectivity index (χ1v) is 8.67. The monoisotopic (exact) mass is 331 g/mol. The molecule has 0 unspecified atom stereocenters. The molecule has 1 N–H and O–H groups in total. The van der Waals surface area contributed by atoms with E-state index in [1.807, 2.05) is 47.9 Å². The third-order valence-corrected chi connectivity index (χ3v) is 5.25. The predicted octanol–water partition coefficient (Wildman–Crippen LogP) is 2.44. The number of thioether (sulfide) groups is 1. The average molecular weight is 331 g/mol. The van der Waals surface area contributed by atoms with Gasteiger partial charge in [-0.25, -0.2) is 4.68 Å². The first-order chi connectivity index (χ1) is 10.9. The Bertz CT molecular complexity index is 774. The quantitative estimate of drug-likeness (QED) is 0.919. The number of aromatic nitrogens is 2. The topological polar surface area (TPSA) is 58.1 Å². The lowest BCUT2D eigenvalue weighted by molar-refractivity contribution is 0.0741. The molecule has 2 aromatic rings. The number of aromatic amines is 1. The first kappa shape index (κ1) is 15.9. The van der Waals surface area contributed by atoms with E-state index in [1.54, 1.807) is 0 Å². The van der Waals surface area contributed by atoms with E-state index >= 15 is 0 Å². The number of nitrogens with zero attached hydrogens (tertiary/aromatic N) is 2. The second-order valence-corrected chi connectivity index (χ2v) is 8.32. The van der Waals surface area contributed by atoms with Crippen molar-refractivity contribution in [2.75, 3.05) is 18.8 Å². The van der Waals surface area contributed by atoms with Gasteiger partial charge in [-0.1, -0.05) is 17.7 Å². The van der Waals surface area contributed by atoms with Gasteiger partial charge >= 0.3 is 0 Å². The number of H-pyrrole nitrogens is 1. The lowest BCUT2D eigenvalue weighted by Gasteiger charge is -2.37. The van der Waals surface area contributed by atoms with Gasteiger partial charge in [-0.05, 0) is 32.9 Å². The molecule has 0 bridgehead atoms. The summed E-state index contributed by atoms with van der Waals surface area (Å²) in [7, 11) is 0. The Balaban J connectivity index is 1.87. The summed E-state index contributed by atoms with van der Waals surface area (Å²) < 4.78 is 1.46. The second kappa shape index (κ2) is 5.92. The lowest BCUT2D eigenvalue weighted by Crippen LogP contribution is -2.46. The van der Waals surface area contributed by atoms with Gasteiger partial charge in [0.1, 0.15) is 5.69 Å². The number of nitrogens with one attached hydrogen (secondary N) is 1. The molecule has 0 atom stereocenters. The van der Waals surface area contributed by atoms with Crippen LogP contribution in [0.2, 0.25) is 0 Å². The van der Waals surface area contributed by atoms with Crippen molar-refractivity contribution in [2.24, 2.45) is 0 Å². The Labute approximate surface area is 139 Å². The molecule has 1 aliphatic heterocycles. The van der Waals surface area contributed by atoms with Crippen LogP contribution in [-0.4, -0.2) is 44.2 Å². The molecule has 1 amide bonds. The van der Waals surface area contributed by atoms with E-state index in [4.69, 9.17) is 0 Å². The molecule has 1 aliphatic rings. The molecule has 23 heavy (non-hydrogen) atoms. The number of hydrogen-bond acceptors (Lipinski definition) is 3. The maximum Gasteiger partial charge on any atom is 0.272 e. The average Bonchev–Trinajstić information content (AvgIpc) is 2.88. The van der Waals surface area contributed by atoms with E-state index in [0.717, 1.165) is 17.0 Å². The molecule has 3 rings (SSSR count). The number of rotatable bonds is 2. The van der Waals surface area contributed by atoms with Gasteiger partial charge in [0.15, 0.2) is 0 Å². The Morgan fingerprint density at radius 1 is 1.26 bits per heavy atom.